The molecule has 0 radical (unpaired) electrons. The van der Waals surface area contributed by atoms with Crippen LogP contribution in [0.1, 0.15) is 19.0 Å². The largest absolute Gasteiger partial charge is 0.342 e. The van der Waals surface area contributed by atoms with Gasteiger partial charge >= 0.3 is 0 Å². The molecule has 2 heterocycles. The van der Waals surface area contributed by atoms with Crippen molar-refractivity contribution < 1.29 is 0 Å². The van der Waals surface area contributed by atoms with Gasteiger partial charge in [0.05, 0.1) is 0 Å². The summed E-state index contributed by atoms with van der Waals surface area (Å²) in [6.45, 7) is 2.02. The van der Waals surface area contributed by atoms with Gasteiger partial charge in [0.1, 0.15) is 5.69 Å². The van der Waals surface area contributed by atoms with E-state index < -0.39 is 0 Å². The molecule has 2 aromatic rings. The first-order valence-corrected chi connectivity index (χ1v) is 4.83. The highest BCUT2D eigenvalue weighted by Crippen LogP contribution is 2.12. The topological polar surface area (TPSA) is 46.5 Å². The molecular formula is C11H12N4. The molecule has 0 bridgehead atoms. The third kappa shape index (κ3) is 1.91. The first-order valence-electron chi connectivity index (χ1n) is 4.83. The molecule has 0 aliphatic carbocycles. The number of aromatic amines is 1. The lowest BCUT2D eigenvalue weighted by Gasteiger charge is -1.94. The van der Waals surface area contributed by atoms with Crippen LogP contribution in [0.5, 0.6) is 0 Å². The van der Waals surface area contributed by atoms with Crippen molar-refractivity contribution in [2.75, 3.05) is 0 Å². The summed E-state index contributed by atoms with van der Waals surface area (Å²) in [6.07, 6.45) is 6.23. The van der Waals surface area contributed by atoms with Gasteiger partial charge in [0.15, 0.2) is 11.6 Å². The minimum Gasteiger partial charge on any atom is -0.342 e. The molecule has 2 aromatic heterocycles. The number of imidazole rings is 2. The van der Waals surface area contributed by atoms with E-state index in [1.54, 1.807) is 12.4 Å². The van der Waals surface area contributed by atoms with E-state index in [1.165, 1.54) is 0 Å². The average molecular weight is 200 g/mol. The zero-order chi connectivity index (χ0) is 10.7. The fraction of sp³-hybridized carbons (Fsp3) is 0.273. The maximum Gasteiger partial charge on any atom is 0.177 e. The number of H-pyrrole nitrogens is 1. The van der Waals surface area contributed by atoms with Gasteiger partial charge in [-0.1, -0.05) is 12.8 Å². The zero-order valence-corrected chi connectivity index (χ0v) is 8.78. The van der Waals surface area contributed by atoms with Crippen LogP contribution in [0.3, 0.4) is 0 Å². The summed E-state index contributed by atoms with van der Waals surface area (Å²) in [5.74, 6) is 7.56. The minimum atomic E-state index is 0.766. The van der Waals surface area contributed by atoms with Gasteiger partial charge in [0, 0.05) is 32.1 Å². The van der Waals surface area contributed by atoms with Crippen LogP contribution in [0.15, 0.2) is 18.6 Å². The Bertz CT molecular complexity index is 496. The van der Waals surface area contributed by atoms with Crippen LogP contribution >= 0.6 is 0 Å². The summed E-state index contributed by atoms with van der Waals surface area (Å²) < 4.78 is 1.92. The lowest BCUT2D eigenvalue weighted by atomic mass is 10.4. The van der Waals surface area contributed by atoms with Crippen LogP contribution in [-0.2, 0) is 7.05 Å². The molecule has 0 saturated heterocycles. The predicted octanol–water partition coefficient (Wildman–Crippen LogP) is 1.57. The Morgan fingerprint density at radius 2 is 2.40 bits per heavy atom. The second-order valence-corrected chi connectivity index (χ2v) is 3.15. The molecule has 0 amide bonds. The fourth-order valence-electron chi connectivity index (χ4n) is 1.31. The molecular weight excluding hydrogens is 188 g/mol. The molecule has 0 saturated carbocycles. The standard InChI is InChI=1S/C11H12N4/c1-3-4-5-9-8-15(2)11(14-9)10-12-6-7-13-10/h6-8H,3H2,1-2H3,(H,12,13). The van der Waals surface area contributed by atoms with E-state index in [1.807, 2.05) is 24.7 Å². The van der Waals surface area contributed by atoms with Crippen molar-refractivity contribution in [3.63, 3.8) is 0 Å². The van der Waals surface area contributed by atoms with E-state index in [0.717, 1.165) is 23.8 Å². The van der Waals surface area contributed by atoms with E-state index in [-0.39, 0.29) is 0 Å². The van der Waals surface area contributed by atoms with Crippen LogP contribution in [0.25, 0.3) is 11.6 Å². The summed E-state index contributed by atoms with van der Waals surface area (Å²) in [5.41, 5.74) is 0.783. The summed E-state index contributed by atoms with van der Waals surface area (Å²) >= 11 is 0. The molecule has 4 heteroatoms. The smallest absolute Gasteiger partial charge is 0.177 e. The van der Waals surface area contributed by atoms with Crippen LogP contribution in [0.2, 0.25) is 0 Å². The minimum absolute atomic E-state index is 0.766. The molecule has 0 aromatic carbocycles. The summed E-state index contributed by atoms with van der Waals surface area (Å²) in [4.78, 5) is 11.6. The normalized spacial score (nSPS) is 9.73. The third-order valence-electron chi connectivity index (χ3n) is 1.98. The number of hydrogen-bond acceptors (Lipinski definition) is 2. The Balaban J connectivity index is 2.38. The van der Waals surface area contributed by atoms with Crippen LogP contribution < -0.4 is 0 Å². The number of aromatic nitrogens is 4. The van der Waals surface area contributed by atoms with E-state index in [4.69, 9.17) is 0 Å². The molecule has 0 unspecified atom stereocenters. The Kier molecular flexibility index (Phi) is 2.55. The Hall–Kier alpha value is -2.02. The van der Waals surface area contributed by atoms with Crippen LogP contribution in [-0.4, -0.2) is 19.5 Å². The van der Waals surface area contributed by atoms with Crippen molar-refractivity contribution in [2.45, 2.75) is 13.3 Å². The average Bonchev–Trinajstić information content (AvgIpc) is 2.83. The van der Waals surface area contributed by atoms with E-state index in [2.05, 4.69) is 26.8 Å². The van der Waals surface area contributed by atoms with E-state index >= 15 is 0 Å². The monoisotopic (exact) mass is 200 g/mol. The predicted molar refractivity (Wildman–Crippen MR) is 58.0 cm³/mol. The third-order valence-corrected chi connectivity index (χ3v) is 1.98. The van der Waals surface area contributed by atoms with Crippen LogP contribution in [0.4, 0.5) is 0 Å². The molecule has 15 heavy (non-hydrogen) atoms. The van der Waals surface area contributed by atoms with Crippen LogP contribution in [0, 0.1) is 11.8 Å². The van der Waals surface area contributed by atoms with Gasteiger partial charge in [0.2, 0.25) is 0 Å². The lowest BCUT2D eigenvalue weighted by molar-refractivity contribution is 0.912. The van der Waals surface area contributed by atoms with Gasteiger partial charge < -0.3 is 9.55 Å². The molecule has 0 spiro atoms. The van der Waals surface area contributed by atoms with Crippen molar-refractivity contribution in [1.82, 2.24) is 19.5 Å². The van der Waals surface area contributed by atoms with Crippen molar-refractivity contribution >= 4 is 0 Å². The second-order valence-electron chi connectivity index (χ2n) is 3.15. The number of nitrogens with zero attached hydrogens (tertiary/aromatic N) is 3. The number of nitrogens with one attached hydrogen (secondary N) is 1. The van der Waals surface area contributed by atoms with E-state index in [9.17, 15) is 0 Å². The summed E-state index contributed by atoms with van der Waals surface area (Å²) in [5, 5.41) is 0. The van der Waals surface area contributed by atoms with Crippen molar-refractivity contribution in [3.8, 4) is 23.5 Å². The molecule has 0 atom stereocenters. The molecule has 0 aliphatic heterocycles. The highest BCUT2D eigenvalue weighted by Gasteiger charge is 2.07. The summed E-state index contributed by atoms with van der Waals surface area (Å²) in [7, 11) is 1.93. The van der Waals surface area contributed by atoms with Gasteiger partial charge in [0.25, 0.3) is 0 Å². The SMILES string of the molecule is CCC#Cc1cn(C)c(-c2ncc[nH]2)n1. The molecule has 4 nitrogen and oxygen atoms in total. The Labute approximate surface area is 88.4 Å². The fourth-order valence-corrected chi connectivity index (χ4v) is 1.31. The number of rotatable bonds is 1. The number of hydrogen-bond donors (Lipinski definition) is 1. The second kappa shape index (κ2) is 4.01. The van der Waals surface area contributed by atoms with Crippen molar-refractivity contribution in [2.24, 2.45) is 7.05 Å². The summed E-state index contributed by atoms with van der Waals surface area (Å²) in [6, 6.07) is 0. The molecule has 1 N–H and O–H groups in total. The first kappa shape index (κ1) is 9.53. The molecule has 2 rings (SSSR count). The van der Waals surface area contributed by atoms with Crippen molar-refractivity contribution in [3.05, 3.63) is 24.3 Å². The highest BCUT2D eigenvalue weighted by molar-refractivity contribution is 5.46. The van der Waals surface area contributed by atoms with Gasteiger partial charge in [-0.25, -0.2) is 9.97 Å². The van der Waals surface area contributed by atoms with Gasteiger partial charge in [-0.05, 0) is 5.92 Å². The zero-order valence-electron chi connectivity index (χ0n) is 8.78. The molecule has 0 aliphatic rings. The van der Waals surface area contributed by atoms with Crippen molar-refractivity contribution in [1.29, 1.82) is 0 Å². The Morgan fingerprint density at radius 1 is 1.53 bits per heavy atom. The Morgan fingerprint density at radius 3 is 3.07 bits per heavy atom. The maximum absolute atomic E-state index is 4.39. The quantitative estimate of drug-likeness (QED) is 0.710. The van der Waals surface area contributed by atoms with E-state index in [0.29, 0.717) is 0 Å². The highest BCUT2D eigenvalue weighted by atomic mass is 15.1. The maximum atomic E-state index is 4.39. The van der Waals surface area contributed by atoms with Gasteiger partial charge in [-0.2, -0.15) is 0 Å². The number of aryl methyl sites for hydroxylation is 1. The van der Waals surface area contributed by atoms with Gasteiger partial charge in [-0.3, -0.25) is 0 Å². The lowest BCUT2D eigenvalue weighted by Crippen LogP contribution is -1.92. The van der Waals surface area contributed by atoms with Gasteiger partial charge in [-0.15, -0.1) is 0 Å². The molecule has 76 valence electrons. The first-order chi connectivity index (χ1) is 7.31. The molecule has 0 fully saturated rings.